The van der Waals surface area contributed by atoms with Gasteiger partial charge in [-0.3, -0.25) is 0 Å². The average molecular weight is 405 g/mol. The Morgan fingerprint density at radius 1 is 0.897 bits per heavy atom. The molecule has 0 aromatic heterocycles. The molecule has 1 nitrogen and oxygen atoms in total. The van der Waals surface area contributed by atoms with Crippen molar-refractivity contribution in [2.45, 2.75) is 70.9 Å². The summed E-state index contributed by atoms with van der Waals surface area (Å²) < 4.78 is 41.1. The first-order valence-electron chi connectivity index (χ1n) is 9.82. The van der Waals surface area contributed by atoms with Crippen LogP contribution in [0.2, 0.25) is 0 Å². The van der Waals surface area contributed by atoms with Crippen LogP contribution in [0.25, 0.3) is 0 Å². The van der Waals surface area contributed by atoms with Crippen LogP contribution in [0, 0.1) is 0 Å². The standard InChI is InChI=1S/C25H31F3O/c1-8-11-17(18-12-9-10-13-19(18)25(26,27)28)16-14-20(23(2,3)4)22(29)21(15-16)24(5,6)7/h8-10,12-15,17,29H,1,11H2,2-7H3. The minimum atomic E-state index is -4.44. The zero-order valence-electron chi connectivity index (χ0n) is 18.1. The van der Waals surface area contributed by atoms with E-state index in [1.807, 2.05) is 53.7 Å². The number of phenolic OH excluding ortho intramolecular Hbond substituents is 1. The van der Waals surface area contributed by atoms with E-state index in [0.717, 1.165) is 22.8 Å². The predicted molar refractivity (Wildman–Crippen MR) is 114 cm³/mol. The summed E-state index contributed by atoms with van der Waals surface area (Å²) in [6.45, 7) is 15.7. The van der Waals surface area contributed by atoms with E-state index in [4.69, 9.17) is 0 Å². The van der Waals surface area contributed by atoms with Crippen molar-refractivity contribution in [1.29, 1.82) is 0 Å². The second kappa shape index (κ2) is 7.89. The van der Waals surface area contributed by atoms with Gasteiger partial charge in [0.05, 0.1) is 5.56 Å². The van der Waals surface area contributed by atoms with E-state index in [9.17, 15) is 18.3 Å². The van der Waals surface area contributed by atoms with E-state index < -0.39 is 17.7 Å². The summed E-state index contributed by atoms with van der Waals surface area (Å²) >= 11 is 0. The Balaban J connectivity index is 2.84. The molecule has 1 unspecified atom stereocenters. The van der Waals surface area contributed by atoms with Gasteiger partial charge < -0.3 is 5.11 Å². The van der Waals surface area contributed by atoms with Crippen LogP contribution in [0.5, 0.6) is 5.75 Å². The van der Waals surface area contributed by atoms with E-state index in [1.165, 1.54) is 12.1 Å². The van der Waals surface area contributed by atoms with Crippen LogP contribution in [-0.2, 0) is 17.0 Å². The normalized spacial score (nSPS) is 14.0. The largest absolute Gasteiger partial charge is 0.507 e. The lowest BCUT2D eigenvalue weighted by atomic mass is 9.75. The lowest BCUT2D eigenvalue weighted by molar-refractivity contribution is -0.138. The number of rotatable bonds is 4. The van der Waals surface area contributed by atoms with Gasteiger partial charge in [-0.1, -0.05) is 78.0 Å². The third-order valence-corrected chi connectivity index (χ3v) is 5.19. The van der Waals surface area contributed by atoms with Gasteiger partial charge in [-0.2, -0.15) is 13.2 Å². The minimum Gasteiger partial charge on any atom is -0.507 e. The van der Waals surface area contributed by atoms with Crippen LogP contribution < -0.4 is 0 Å². The molecule has 1 atom stereocenters. The van der Waals surface area contributed by atoms with Crippen molar-refractivity contribution in [3.05, 3.63) is 76.9 Å². The second-order valence-electron chi connectivity index (χ2n) is 9.63. The Labute approximate surface area is 172 Å². The van der Waals surface area contributed by atoms with E-state index >= 15 is 0 Å². The summed E-state index contributed by atoms with van der Waals surface area (Å²) in [6.07, 6.45) is -2.42. The van der Waals surface area contributed by atoms with Crippen molar-refractivity contribution in [1.82, 2.24) is 0 Å². The maximum atomic E-state index is 13.7. The van der Waals surface area contributed by atoms with Gasteiger partial charge in [0.1, 0.15) is 5.75 Å². The first-order valence-corrected chi connectivity index (χ1v) is 9.82. The highest BCUT2D eigenvalue weighted by Gasteiger charge is 2.36. The van der Waals surface area contributed by atoms with E-state index in [2.05, 4.69) is 6.58 Å². The van der Waals surface area contributed by atoms with E-state index in [-0.39, 0.29) is 22.1 Å². The quantitative estimate of drug-likeness (QED) is 0.517. The fourth-order valence-electron chi connectivity index (χ4n) is 3.67. The number of phenols is 1. The molecule has 158 valence electrons. The lowest BCUT2D eigenvalue weighted by Crippen LogP contribution is -2.19. The minimum absolute atomic E-state index is 0.218. The first-order chi connectivity index (χ1) is 13.2. The van der Waals surface area contributed by atoms with Gasteiger partial charge in [0.2, 0.25) is 0 Å². The summed E-state index contributed by atoms with van der Waals surface area (Å²) in [6, 6.07) is 9.42. The summed E-state index contributed by atoms with van der Waals surface area (Å²) in [7, 11) is 0. The molecule has 0 saturated carbocycles. The van der Waals surface area contributed by atoms with Gasteiger partial charge in [-0.05, 0) is 45.6 Å². The molecule has 0 heterocycles. The van der Waals surface area contributed by atoms with Gasteiger partial charge in [-0.25, -0.2) is 0 Å². The number of alkyl halides is 3. The fourth-order valence-corrected chi connectivity index (χ4v) is 3.67. The van der Waals surface area contributed by atoms with Gasteiger partial charge in [0.15, 0.2) is 0 Å². The van der Waals surface area contributed by atoms with Crippen LogP contribution in [0.15, 0.2) is 49.1 Å². The second-order valence-corrected chi connectivity index (χ2v) is 9.63. The van der Waals surface area contributed by atoms with Gasteiger partial charge in [0, 0.05) is 5.92 Å². The Hall–Kier alpha value is -2.23. The third-order valence-electron chi connectivity index (χ3n) is 5.19. The average Bonchev–Trinajstić information content (AvgIpc) is 2.57. The molecule has 4 heteroatoms. The summed E-state index contributed by atoms with van der Waals surface area (Å²) in [5.41, 5.74) is 1.11. The highest BCUT2D eigenvalue weighted by Crippen LogP contribution is 2.44. The molecule has 0 radical (unpaired) electrons. The molecule has 0 spiro atoms. The number of hydrogen-bond acceptors (Lipinski definition) is 1. The maximum absolute atomic E-state index is 13.7. The smallest absolute Gasteiger partial charge is 0.416 e. The van der Waals surface area contributed by atoms with Crippen molar-refractivity contribution in [2.75, 3.05) is 0 Å². The molecule has 0 aliphatic heterocycles. The number of hydrogen-bond donors (Lipinski definition) is 1. The van der Waals surface area contributed by atoms with E-state index in [0.29, 0.717) is 6.42 Å². The van der Waals surface area contributed by atoms with Gasteiger partial charge >= 0.3 is 6.18 Å². The zero-order chi connectivity index (χ0) is 22.2. The Bertz CT molecular complexity index is 845. The molecule has 0 aliphatic carbocycles. The molecule has 0 fully saturated rings. The SMILES string of the molecule is C=CCC(c1cc(C(C)(C)C)c(O)c(C(C)(C)C)c1)c1ccccc1C(F)(F)F. The molecular weight excluding hydrogens is 373 g/mol. The zero-order valence-corrected chi connectivity index (χ0v) is 18.1. The molecule has 2 aromatic rings. The van der Waals surface area contributed by atoms with Crippen LogP contribution in [-0.4, -0.2) is 5.11 Å². The van der Waals surface area contributed by atoms with Gasteiger partial charge in [0.25, 0.3) is 0 Å². The topological polar surface area (TPSA) is 20.2 Å². The maximum Gasteiger partial charge on any atom is 0.416 e. The van der Waals surface area contributed by atoms with Crippen molar-refractivity contribution >= 4 is 0 Å². The van der Waals surface area contributed by atoms with Crippen LogP contribution in [0.1, 0.15) is 81.7 Å². The highest BCUT2D eigenvalue weighted by atomic mass is 19.4. The number of benzene rings is 2. The molecule has 0 amide bonds. The highest BCUT2D eigenvalue weighted by molar-refractivity contribution is 5.53. The van der Waals surface area contributed by atoms with Crippen molar-refractivity contribution in [3.8, 4) is 5.75 Å². The Kier molecular flexibility index (Phi) is 6.27. The third kappa shape index (κ3) is 5.04. The van der Waals surface area contributed by atoms with Crippen LogP contribution in [0.4, 0.5) is 13.2 Å². The van der Waals surface area contributed by atoms with Crippen molar-refractivity contribution in [2.24, 2.45) is 0 Å². The lowest BCUT2D eigenvalue weighted by Gasteiger charge is -2.30. The number of allylic oxidation sites excluding steroid dienone is 1. The fraction of sp³-hybridized carbons (Fsp3) is 0.440. The molecule has 2 rings (SSSR count). The first kappa shape index (κ1) is 23.1. The molecule has 2 aromatic carbocycles. The predicted octanol–water partition coefficient (Wildman–Crippen LogP) is 7.71. The van der Waals surface area contributed by atoms with E-state index in [1.54, 1.807) is 12.1 Å². The monoisotopic (exact) mass is 404 g/mol. The number of aromatic hydroxyl groups is 1. The van der Waals surface area contributed by atoms with Crippen LogP contribution in [0.3, 0.4) is 0 Å². The summed E-state index contributed by atoms with van der Waals surface area (Å²) in [4.78, 5) is 0. The molecule has 1 N–H and O–H groups in total. The summed E-state index contributed by atoms with van der Waals surface area (Å²) in [5, 5.41) is 11.0. The van der Waals surface area contributed by atoms with Crippen molar-refractivity contribution < 1.29 is 18.3 Å². The molecule has 0 bridgehead atoms. The Morgan fingerprint density at radius 2 is 1.38 bits per heavy atom. The Morgan fingerprint density at radius 3 is 1.79 bits per heavy atom. The molecule has 29 heavy (non-hydrogen) atoms. The molecule has 0 saturated heterocycles. The number of halogens is 3. The van der Waals surface area contributed by atoms with Gasteiger partial charge in [-0.15, -0.1) is 6.58 Å². The molecular formula is C25H31F3O. The van der Waals surface area contributed by atoms with Crippen molar-refractivity contribution in [3.63, 3.8) is 0 Å². The summed E-state index contributed by atoms with van der Waals surface area (Å²) in [5.74, 6) is -0.289. The molecule has 0 aliphatic rings. The van der Waals surface area contributed by atoms with Crippen LogP contribution >= 0.6 is 0 Å².